The van der Waals surface area contributed by atoms with Crippen LogP contribution in [0.25, 0.3) is 0 Å². The van der Waals surface area contributed by atoms with E-state index in [4.69, 9.17) is 4.74 Å². The van der Waals surface area contributed by atoms with Crippen molar-refractivity contribution in [2.45, 2.75) is 44.4 Å². The molecule has 0 N–H and O–H groups in total. The number of hydrogen-bond acceptors (Lipinski definition) is 1. The van der Waals surface area contributed by atoms with Gasteiger partial charge in [0.05, 0.1) is 0 Å². The predicted molar refractivity (Wildman–Crippen MR) is 62.9 cm³/mol. The molecular formula is C14H19O. The number of para-hydroxylation sites is 1. The van der Waals surface area contributed by atoms with Gasteiger partial charge in [0.25, 0.3) is 0 Å². The van der Waals surface area contributed by atoms with Gasteiger partial charge in [-0.05, 0) is 30.4 Å². The lowest BCUT2D eigenvalue weighted by Crippen LogP contribution is -1.99. The molecule has 1 aliphatic carbocycles. The molecule has 1 fully saturated rings. The van der Waals surface area contributed by atoms with Crippen molar-refractivity contribution in [1.82, 2.24) is 0 Å². The van der Waals surface area contributed by atoms with Crippen molar-refractivity contribution in [2.75, 3.05) is 0 Å². The molecule has 1 radical (unpaired) electrons. The van der Waals surface area contributed by atoms with Crippen LogP contribution in [0.15, 0.2) is 24.3 Å². The van der Waals surface area contributed by atoms with Crippen LogP contribution in [0, 0.1) is 7.11 Å². The first kappa shape index (κ1) is 10.5. The molecule has 0 heterocycles. The maximum absolute atomic E-state index is 5.19. The first-order valence-electron chi connectivity index (χ1n) is 5.93. The molecule has 81 valence electrons. The summed E-state index contributed by atoms with van der Waals surface area (Å²) in [6, 6.07) is 8.33. The van der Waals surface area contributed by atoms with Crippen LogP contribution in [0.4, 0.5) is 0 Å². The zero-order valence-electron chi connectivity index (χ0n) is 9.24. The van der Waals surface area contributed by atoms with Gasteiger partial charge >= 0.3 is 0 Å². The molecule has 1 heteroatoms. The SMILES string of the molecule is [CH2]Oc1ccccc1C1CCCCCC1. The third-order valence-electron chi connectivity index (χ3n) is 3.37. The number of hydrogen-bond donors (Lipinski definition) is 0. The average Bonchev–Trinajstić information content (AvgIpc) is 2.57. The van der Waals surface area contributed by atoms with Gasteiger partial charge < -0.3 is 4.74 Å². The van der Waals surface area contributed by atoms with Crippen LogP contribution >= 0.6 is 0 Å². The molecule has 15 heavy (non-hydrogen) atoms. The van der Waals surface area contributed by atoms with Crippen LogP contribution in [0.1, 0.15) is 50.0 Å². The molecule has 1 aromatic carbocycles. The Morgan fingerprint density at radius 1 is 1.00 bits per heavy atom. The molecule has 2 rings (SSSR count). The summed E-state index contributed by atoms with van der Waals surface area (Å²) in [5.41, 5.74) is 1.36. The van der Waals surface area contributed by atoms with E-state index in [0.29, 0.717) is 5.92 Å². The average molecular weight is 203 g/mol. The summed E-state index contributed by atoms with van der Waals surface area (Å²) in [7, 11) is 3.53. The summed E-state index contributed by atoms with van der Waals surface area (Å²) in [6.07, 6.45) is 8.11. The highest BCUT2D eigenvalue weighted by Crippen LogP contribution is 2.36. The van der Waals surface area contributed by atoms with Crippen molar-refractivity contribution in [3.63, 3.8) is 0 Å². The zero-order valence-corrected chi connectivity index (χ0v) is 9.24. The molecule has 0 spiro atoms. The van der Waals surface area contributed by atoms with Crippen LogP contribution in [0.5, 0.6) is 5.75 Å². The maximum atomic E-state index is 5.19. The van der Waals surface area contributed by atoms with Crippen molar-refractivity contribution >= 4 is 0 Å². The maximum Gasteiger partial charge on any atom is 0.122 e. The van der Waals surface area contributed by atoms with Crippen LogP contribution < -0.4 is 4.74 Å². The summed E-state index contributed by atoms with van der Waals surface area (Å²) in [4.78, 5) is 0. The van der Waals surface area contributed by atoms with Crippen LogP contribution in [-0.4, -0.2) is 0 Å². The Hall–Kier alpha value is -0.980. The van der Waals surface area contributed by atoms with Crippen molar-refractivity contribution in [1.29, 1.82) is 0 Å². The first-order chi connectivity index (χ1) is 7.42. The Morgan fingerprint density at radius 2 is 1.67 bits per heavy atom. The van der Waals surface area contributed by atoms with Gasteiger partial charge in [-0.2, -0.15) is 0 Å². The zero-order chi connectivity index (χ0) is 10.5. The van der Waals surface area contributed by atoms with Crippen molar-refractivity contribution in [3.8, 4) is 5.75 Å². The fraction of sp³-hybridized carbons (Fsp3) is 0.500. The van der Waals surface area contributed by atoms with E-state index in [1.807, 2.05) is 12.1 Å². The molecule has 0 bridgehead atoms. The molecule has 0 saturated heterocycles. The Balaban J connectivity index is 2.18. The Kier molecular flexibility index (Phi) is 3.65. The van der Waals surface area contributed by atoms with E-state index in [0.717, 1.165) is 5.75 Å². The van der Waals surface area contributed by atoms with Crippen molar-refractivity contribution in [2.24, 2.45) is 0 Å². The highest BCUT2D eigenvalue weighted by atomic mass is 16.5. The largest absolute Gasteiger partial charge is 0.490 e. The predicted octanol–water partition coefficient (Wildman–Crippen LogP) is 4.29. The molecule has 0 atom stereocenters. The van der Waals surface area contributed by atoms with Crippen molar-refractivity contribution in [3.05, 3.63) is 36.9 Å². The summed E-state index contributed by atoms with van der Waals surface area (Å²) in [5.74, 6) is 1.65. The Morgan fingerprint density at radius 3 is 2.33 bits per heavy atom. The van der Waals surface area contributed by atoms with Crippen molar-refractivity contribution < 1.29 is 4.74 Å². The first-order valence-corrected chi connectivity index (χ1v) is 5.93. The molecule has 0 amide bonds. The Labute approximate surface area is 92.5 Å². The Bertz CT molecular complexity index is 298. The van der Waals surface area contributed by atoms with E-state index in [2.05, 4.69) is 19.2 Å². The second-order valence-electron chi connectivity index (χ2n) is 4.37. The summed E-state index contributed by atoms with van der Waals surface area (Å²) in [5, 5.41) is 0. The van der Waals surface area contributed by atoms with E-state index < -0.39 is 0 Å². The van der Waals surface area contributed by atoms with E-state index >= 15 is 0 Å². The molecule has 0 aromatic heterocycles. The van der Waals surface area contributed by atoms with E-state index in [1.165, 1.54) is 44.1 Å². The highest BCUT2D eigenvalue weighted by Gasteiger charge is 2.17. The molecule has 1 nitrogen and oxygen atoms in total. The number of benzene rings is 1. The number of rotatable bonds is 2. The molecule has 1 aromatic rings. The van der Waals surface area contributed by atoms with E-state index in [1.54, 1.807) is 0 Å². The lowest BCUT2D eigenvalue weighted by atomic mass is 9.91. The monoisotopic (exact) mass is 203 g/mol. The molecular weight excluding hydrogens is 184 g/mol. The van der Waals surface area contributed by atoms with Gasteiger partial charge in [0.15, 0.2) is 0 Å². The summed E-state index contributed by atoms with van der Waals surface area (Å²) >= 11 is 0. The normalized spacial score (nSPS) is 18.5. The fourth-order valence-corrected chi connectivity index (χ4v) is 2.54. The second kappa shape index (κ2) is 5.20. The van der Waals surface area contributed by atoms with E-state index in [-0.39, 0.29) is 0 Å². The van der Waals surface area contributed by atoms with Crippen LogP contribution in [0.3, 0.4) is 0 Å². The van der Waals surface area contributed by atoms with Gasteiger partial charge in [-0.15, -0.1) is 0 Å². The van der Waals surface area contributed by atoms with Crippen LogP contribution in [0.2, 0.25) is 0 Å². The van der Waals surface area contributed by atoms with Gasteiger partial charge in [0, 0.05) is 0 Å². The lowest BCUT2D eigenvalue weighted by molar-refractivity contribution is 0.453. The molecule has 0 aliphatic heterocycles. The molecule has 1 saturated carbocycles. The topological polar surface area (TPSA) is 9.23 Å². The fourth-order valence-electron chi connectivity index (χ4n) is 2.54. The van der Waals surface area contributed by atoms with Gasteiger partial charge in [0.2, 0.25) is 0 Å². The second-order valence-corrected chi connectivity index (χ2v) is 4.37. The standard InChI is InChI=1S/C14H19O/c1-15-14-11-7-6-10-13(14)12-8-4-2-3-5-9-12/h6-7,10-12H,1-5,8-9H2. The van der Waals surface area contributed by atoms with Gasteiger partial charge in [-0.1, -0.05) is 43.9 Å². The third-order valence-corrected chi connectivity index (χ3v) is 3.37. The lowest BCUT2D eigenvalue weighted by Gasteiger charge is -2.17. The van der Waals surface area contributed by atoms with Gasteiger partial charge in [-0.3, -0.25) is 0 Å². The minimum Gasteiger partial charge on any atom is -0.490 e. The van der Waals surface area contributed by atoms with Gasteiger partial charge in [0.1, 0.15) is 12.9 Å². The van der Waals surface area contributed by atoms with Crippen LogP contribution in [-0.2, 0) is 0 Å². The quantitative estimate of drug-likeness (QED) is 0.651. The van der Waals surface area contributed by atoms with Gasteiger partial charge in [-0.25, -0.2) is 0 Å². The minimum absolute atomic E-state index is 0.686. The summed E-state index contributed by atoms with van der Waals surface area (Å²) < 4.78 is 5.19. The highest BCUT2D eigenvalue weighted by molar-refractivity contribution is 5.36. The number of ether oxygens (including phenoxy) is 1. The third kappa shape index (κ3) is 2.53. The molecule has 1 aliphatic rings. The summed E-state index contributed by atoms with van der Waals surface area (Å²) in [6.45, 7) is 0. The molecule has 0 unspecified atom stereocenters. The van der Waals surface area contributed by atoms with E-state index in [9.17, 15) is 0 Å². The minimum atomic E-state index is 0.686. The smallest absolute Gasteiger partial charge is 0.122 e.